The summed E-state index contributed by atoms with van der Waals surface area (Å²) in [5.74, 6) is 0. The normalized spacial score (nSPS) is 10.8. The molecule has 0 aromatic carbocycles. The van der Waals surface area contributed by atoms with Crippen molar-refractivity contribution in [1.82, 2.24) is 0 Å². The lowest BCUT2D eigenvalue weighted by Gasteiger charge is -2.15. The van der Waals surface area contributed by atoms with Gasteiger partial charge in [0.2, 0.25) is 0 Å². The van der Waals surface area contributed by atoms with Crippen LogP contribution in [0.15, 0.2) is 0 Å². The van der Waals surface area contributed by atoms with E-state index in [9.17, 15) is 0 Å². The molecule has 0 heteroatoms. The van der Waals surface area contributed by atoms with E-state index in [1.165, 1.54) is 51.4 Å². The predicted molar refractivity (Wildman–Crippen MR) is 73.4 cm³/mol. The van der Waals surface area contributed by atoms with Gasteiger partial charge in [-0.25, -0.2) is 0 Å². The summed E-state index contributed by atoms with van der Waals surface area (Å²) < 4.78 is 0. The summed E-state index contributed by atoms with van der Waals surface area (Å²) >= 11 is 0. The summed E-state index contributed by atoms with van der Waals surface area (Å²) in [5.41, 5.74) is 0.550. The number of hydrogen-bond acceptors (Lipinski definition) is 0. The summed E-state index contributed by atoms with van der Waals surface area (Å²) in [6, 6.07) is 0. The van der Waals surface area contributed by atoms with Crippen molar-refractivity contribution in [3.8, 4) is 0 Å². The van der Waals surface area contributed by atoms with Crippen LogP contribution in [0.1, 0.15) is 92.9 Å². The Morgan fingerprint density at radius 3 is 1.13 bits per heavy atom. The molecule has 0 unspecified atom stereocenters. The molecule has 0 saturated heterocycles. The highest BCUT2D eigenvalue weighted by Gasteiger charge is 2.06. The van der Waals surface area contributed by atoms with E-state index in [0.717, 1.165) is 0 Å². The average molecular weight is 214 g/mol. The molecule has 0 spiro atoms. The van der Waals surface area contributed by atoms with Crippen LogP contribution in [0.25, 0.3) is 0 Å². The van der Waals surface area contributed by atoms with Crippen LogP contribution in [0.2, 0.25) is 0 Å². The van der Waals surface area contributed by atoms with E-state index in [4.69, 9.17) is 0 Å². The van der Waals surface area contributed by atoms with Gasteiger partial charge in [-0.3, -0.25) is 0 Å². The smallest absolute Gasteiger partial charge is 0.0383 e. The van der Waals surface area contributed by atoms with Crippen LogP contribution >= 0.6 is 0 Å². The number of unbranched alkanes of at least 4 members (excludes halogenated alkanes) is 5. The quantitative estimate of drug-likeness (QED) is 0.462. The summed E-state index contributed by atoms with van der Waals surface area (Å²) in [4.78, 5) is 0. The molecule has 0 aromatic rings. The zero-order chi connectivity index (χ0) is 12.2. The molecule has 0 amide bonds. The minimum Gasteiger partial charge on any atom is -0.0654 e. The van der Waals surface area contributed by atoms with E-state index in [-0.39, 0.29) is 0 Å². The summed E-state index contributed by atoms with van der Waals surface area (Å²) in [6.07, 6.45) is 11.1. The highest BCUT2D eigenvalue weighted by atomic mass is 14.1. The Morgan fingerprint density at radius 1 is 0.600 bits per heavy atom. The molecule has 0 rings (SSSR count). The lowest BCUT2D eigenvalue weighted by molar-refractivity contribution is 0.373. The second kappa shape index (κ2) is 12.1. The first-order chi connectivity index (χ1) is 6.97. The minimum absolute atomic E-state index is 0.550. The standard InChI is InChI=1S/C8H18.C7H16/c1-3-5-7-8-6-4-2;1-5-6-7(2,3)4/h3-8H2,1-2H3;5-6H2,1-4H3. The molecule has 0 aliphatic carbocycles. The fraction of sp³-hybridized carbons (Fsp3) is 1.00. The van der Waals surface area contributed by atoms with Crippen LogP contribution in [0.4, 0.5) is 0 Å². The molecule has 15 heavy (non-hydrogen) atoms. The van der Waals surface area contributed by atoms with Crippen LogP contribution < -0.4 is 0 Å². The molecule has 0 bridgehead atoms. The van der Waals surface area contributed by atoms with Gasteiger partial charge in [0.15, 0.2) is 0 Å². The van der Waals surface area contributed by atoms with Gasteiger partial charge in [-0.1, -0.05) is 86.5 Å². The Morgan fingerprint density at radius 2 is 1.00 bits per heavy atom. The van der Waals surface area contributed by atoms with E-state index >= 15 is 0 Å². The monoisotopic (exact) mass is 214 g/mol. The topological polar surface area (TPSA) is 0 Å². The second-order valence-electron chi connectivity index (χ2n) is 5.72. The maximum atomic E-state index is 2.27. The van der Waals surface area contributed by atoms with Gasteiger partial charge in [0.1, 0.15) is 0 Å². The lowest BCUT2D eigenvalue weighted by atomic mass is 9.91. The Hall–Kier alpha value is 0. The summed E-state index contributed by atoms with van der Waals surface area (Å²) in [6.45, 7) is 13.6. The maximum Gasteiger partial charge on any atom is -0.0383 e. The van der Waals surface area contributed by atoms with Crippen molar-refractivity contribution < 1.29 is 0 Å². The predicted octanol–water partition coefficient (Wildman–Crippen LogP) is 6.20. The zero-order valence-corrected chi connectivity index (χ0v) is 12.2. The van der Waals surface area contributed by atoms with Crippen molar-refractivity contribution in [3.63, 3.8) is 0 Å². The minimum atomic E-state index is 0.550. The van der Waals surface area contributed by atoms with E-state index in [0.29, 0.717) is 5.41 Å². The molecule has 0 heterocycles. The fourth-order valence-corrected chi connectivity index (χ4v) is 1.60. The van der Waals surface area contributed by atoms with Crippen molar-refractivity contribution >= 4 is 0 Å². The number of hydrogen-bond donors (Lipinski definition) is 0. The molecule has 0 aliphatic rings. The molecule has 0 radical (unpaired) electrons. The fourth-order valence-electron chi connectivity index (χ4n) is 1.60. The Bertz CT molecular complexity index is 91.1. The lowest BCUT2D eigenvalue weighted by Crippen LogP contribution is -2.02. The van der Waals surface area contributed by atoms with Gasteiger partial charge >= 0.3 is 0 Å². The molecule has 0 aliphatic heterocycles. The third-order valence-electron chi connectivity index (χ3n) is 2.46. The molecule has 0 nitrogen and oxygen atoms in total. The van der Waals surface area contributed by atoms with Crippen molar-refractivity contribution in [1.29, 1.82) is 0 Å². The van der Waals surface area contributed by atoms with Crippen molar-refractivity contribution in [3.05, 3.63) is 0 Å². The Kier molecular flexibility index (Phi) is 14.0. The Labute approximate surface area is 98.9 Å². The molecule has 0 saturated carbocycles. The third-order valence-corrected chi connectivity index (χ3v) is 2.46. The molecular formula is C15H34. The van der Waals surface area contributed by atoms with Crippen molar-refractivity contribution in [2.75, 3.05) is 0 Å². The summed E-state index contributed by atoms with van der Waals surface area (Å²) in [5, 5.41) is 0. The van der Waals surface area contributed by atoms with Gasteiger partial charge in [-0.05, 0) is 11.8 Å². The van der Waals surface area contributed by atoms with Crippen molar-refractivity contribution in [2.45, 2.75) is 92.9 Å². The maximum absolute atomic E-state index is 2.27. The van der Waals surface area contributed by atoms with Gasteiger partial charge < -0.3 is 0 Å². The average Bonchev–Trinajstić information content (AvgIpc) is 2.12. The SMILES string of the molecule is CCCC(C)(C)C.CCCCCCCC. The van der Waals surface area contributed by atoms with Gasteiger partial charge in [-0.2, -0.15) is 0 Å². The largest absolute Gasteiger partial charge is 0.0654 e. The van der Waals surface area contributed by atoms with E-state index in [2.05, 4.69) is 41.5 Å². The first-order valence-corrected chi connectivity index (χ1v) is 6.97. The van der Waals surface area contributed by atoms with Crippen LogP contribution in [0, 0.1) is 5.41 Å². The zero-order valence-electron chi connectivity index (χ0n) is 12.2. The van der Waals surface area contributed by atoms with Crippen LogP contribution in [-0.4, -0.2) is 0 Å². The van der Waals surface area contributed by atoms with Crippen LogP contribution in [-0.2, 0) is 0 Å². The third kappa shape index (κ3) is 24.9. The Balaban J connectivity index is 0. The molecule has 0 N–H and O–H groups in total. The van der Waals surface area contributed by atoms with Crippen molar-refractivity contribution in [2.24, 2.45) is 5.41 Å². The van der Waals surface area contributed by atoms with Gasteiger partial charge in [0, 0.05) is 0 Å². The number of rotatable bonds is 6. The molecule has 0 aromatic heterocycles. The highest BCUT2D eigenvalue weighted by Crippen LogP contribution is 2.19. The molecule has 0 atom stereocenters. The van der Waals surface area contributed by atoms with E-state index in [1.807, 2.05) is 0 Å². The van der Waals surface area contributed by atoms with Gasteiger partial charge in [0.25, 0.3) is 0 Å². The molecule has 0 fully saturated rings. The van der Waals surface area contributed by atoms with Gasteiger partial charge in [0.05, 0.1) is 0 Å². The van der Waals surface area contributed by atoms with Crippen LogP contribution in [0.3, 0.4) is 0 Å². The molecular weight excluding hydrogens is 180 g/mol. The first-order valence-electron chi connectivity index (χ1n) is 6.97. The van der Waals surface area contributed by atoms with E-state index in [1.54, 1.807) is 0 Å². The van der Waals surface area contributed by atoms with Crippen LogP contribution in [0.5, 0.6) is 0 Å². The van der Waals surface area contributed by atoms with Gasteiger partial charge in [-0.15, -0.1) is 0 Å². The first kappa shape index (κ1) is 17.4. The molecule has 94 valence electrons. The van der Waals surface area contributed by atoms with E-state index < -0.39 is 0 Å². The summed E-state index contributed by atoms with van der Waals surface area (Å²) in [7, 11) is 0. The second-order valence-corrected chi connectivity index (χ2v) is 5.72. The highest BCUT2D eigenvalue weighted by molar-refractivity contribution is 4.58.